The molecule has 1 heterocycles. The number of anilines is 1. The number of hydrogen-bond acceptors (Lipinski definition) is 5. The fourth-order valence-electron chi connectivity index (χ4n) is 2.05. The first-order valence-electron chi connectivity index (χ1n) is 6.80. The number of nitrogens with one attached hydrogen (secondary N) is 2. The lowest BCUT2D eigenvalue weighted by Gasteiger charge is -2.13. The molecule has 7 nitrogen and oxygen atoms in total. The number of rotatable bonds is 6. The lowest BCUT2D eigenvalue weighted by atomic mass is 10.1. The largest absolute Gasteiger partial charge is 0.395 e. The molecule has 0 aromatic heterocycles. The Balaban J connectivity index is 2.02. The van der Waals surface area contributed by atoms with Crippen LogP contribution in [0.4, 0.5) is 5.69 Å². The second-order valence-electron chi connectivity index (χ2n) is 4.75. The molecule has 0 saturated carbocycles. The van der Waals surface area contributed by atoms with Crippen LogP contribution in [0, 0.1) is 0 Å². The summed E-state index contributed by atoms with van der Waals surface area (Å²) in [5.74, 6) is -0.995. The van der Waals surface area contributed by atoms with E-state index in [-0.39, 0.29) is 31.2 Å². The number of benzene rings is 1. The van der Waals surface area contributed by atoms with Crippen molar-refractivity contribution in [3.8, 4) is 0 Å². The Morgan fingerprint density at radius 3 is 2.50 bits per heavy atom. The van der Waals surface area contributed by atoms with Crippen molar-refractivity contribution in [2.24, 2.45) is 0 Å². The Kier molecular flexibility index (Phi) is 4.90. The Labute approximate surface area is 127 Å². The van der Waals surface area contributed by atoms with Gasteiger partial charge in [0.15, 0.2) is 0 Å². The van der Waals surface area contributed by atoms with Crippen molar-refractivity contribution >= 4 is 23.4 Å². The Bertz CT molecular complexity index is 622. The van der Waals surface area contributed by atoms with E-state index < -0.39 is 11.8 Å². The molecule has 0 bridgehead atoms. The Morgan fingerprint density at radius 2 is 1.91 bits per heavy atom. The van der Waals surface area contributed by atoms with E-state index in [0.717, 1.165) is 10.5 Å². The number of imide groups is 1. The third-order valence-corrected chi connectivity index (χ3v) is 3.21. The highest BCUT2D eigenvalue weighted by Gasteiger charge is 2.30. The molecule has 0 saturated heterocycles. The summed E-state index contributed by atoms with van der Waals surface area (Å²) >= 11 is 0. The highest BCUT2D eigenvalue weighted by atomic mass is 16.3. The molecule has 0 aliphatic carbocycles. The molecule has 0 radical (unpaired) electrons. The summed E-state index contributed by atoms with van der Waals surface area (Å²) in [5.41, 5.74) is 1.64. The van der Waals surface area contributed by atoms with Gasteiger partial charge in [0.2, 0.25) is 5.91 Å². The number of hydrogen-bond donors (Lipinski definition) is 3. The minimum absolute atomic E-state index is 0.0234. The normalized spacial score (nSPS) is 14.1. The van der Waals surface area contributed by atoms with Crippen molar-refractivity contribution < 1.29 is 19.5 Å². The van der Waals surface area contributed by atoms with E-state index in [1.54, 1.807) is 31.3 Å². The minimum Gasteiger partial charge on any atom is -0.395 e. The fourth-order valence-corrected chi connectivity index (χ4v) is 2.05. The predicted octanol–water partition coefficient (Wildman–Crippen LogP) is -0.368. The van der Waals surface area contributed by atoms with Crippen molar-refractivity contribution in [1.82, 2.24) is 10.2 Å². The zero-order chi connectivity index (χ0) is 16.1. The average molecular weight is 303 g/mol. The molecule has 116 valence electrons. The number of nitrogens with zero attached hydrogens (tertiary/aromatic N) is 1. The predicted molar refractivity (Wildman–Crippen MR) is 79.7 cm³/mol. The van der Waals surface area contributed by atoms with Crippen LogP contribution in [0.2, 0.25) is 0 Å². The second-order valence-corrected chi connectivity index (χ2v) is 4.75. The molecule has 3 amide bonds. The van der Waals surface area contributed by atoms with Crippen LogP contribution in [0.3, 0.4) is 0 Å². The number of likely N-dealkylation sites (N-methyl/N-ethyl adjacent to an activating group) is 1. The molecule has 0 atom stereocenters. The molecule has 2 rings (SSSR count). The van der Waals surface area contributed by atoms with Gasteiger partial charge in [0.25, 0.3) is 11.8 Å². The molecule has 22 heavy (non-hydrogen) atoms. The summed E-state index contributed by atoms with van der Waals surface area (Å²) in [7, 11) is 1.57. The first kappa shape index (κ1) is 15.7. The van der Waals surface area contributed by atoms with E-state index in [1.165, 1.54) is 6.08 Å². The van der Waals surface area contributed by atoms with E-state index in [0.29, 0.717) is 5.69 Å². The number of carbonyl (C=O) groups excluding carboxylic acids is 3. The molecule has 3 N–H and O–H groups in total. The molecule has 0 spiro atoms. The molecule has 0 unspecified atom stereocenters. The molecular formula is C15H17N3O4. The molecule has 1 aromatic rings. The first-order valence-corrected chi connectivity index (χ1v) is 6.80. The second kappa shape index (κ2) is 6.86. The number of amides is 3. The molecule has 1 aliphatic heterocycles. The van der Waals surface area contributed by atoms with Crippen LogP contribution in [0.15, 0.2) is 36.0 Å². The maximum Gasteiger partial charge on any atom is 0.277 e. The van der Waals surface area contributed by atoms with E-state index >= 15 is 0 Å². The van der Waals surface area contributed by atoms with Gasteiger partial charge in [0.1, 0.15) is 5.70 Å². The van der Waals surface area contributed by atoms with Gasteiger partial charge in [-0.05, 0) is 17.7 Å². The van der Waals surface area contributed by atoms with Gasteiger partial charge in [-0.15, -0.1) is 0 Å². The Hall–Kier alpha value is -2.67. The van der Waals surface area contributed by atoms with E-state index in [9.17, 15) is 14.4 Å². The van der Waals surface area contributed by atoms with Crippen molar-refractivity contribution in [3.05, 3.63) is 41.6 Å². The van der Waals surface area contributed by atoms with Crippen molar-refractivity contribution in [3.63, 3.8) is 0 Å². The standard InChI is InChI=1S/C15H17N3O4/c1-16-13(20)8-10-2-4-11(5-3-10)17-12-9-14(21)18(6-7-19)15(12)22/h2-5,9,17,19H,6-8H2,1H3,(H,16,20). The lowest BCUT2D eigenvalue weighted by Crippen LogP contribution is -2.34. The van der Waals surface area contributed by atoms with Crippen LogP contribution in [0.1, 0.15) is 5.56 Å². The smallest absolute Gasteiger partial charge is 0.277 e. The summed E-state index contributed by atoms with van der Waals surface area (Å²) in [6.07, 6.45) is 1.48. The highest BCUT2D eigenvalue weighted by molar-refractivity contribution is 6.17. The SMILES string of the molecule is CNC(=O)Cc1ccc(NC2=CC(=O)N(CCO)C2=O)cc1. The molecule has 0 fully saturated rings. The van der Waals surface area contributed by atoms with Crippen molar-refractivity contribution in [1.29, 1.82) is 0 Å². The number of carbonyl (C=O) groups is 3. The van der Waals surface area contributed by atoms with Crippen molar-refractivity contribution in [2.45, 2.75) is 6.42 Å². The summed E-state index contributed by atoms with van der Waals surface area (Å²) < 4.78 is 0. The zero-order valence-corrected chi connectivity index (χ0v) is 12.1. The van der Waals surface area contributed by atoms with Crippen molar-refractivity contribution in [2.75, 3.05) is 25.5 Å². The summed E-state index contributed by atoms with van der Waals surface area (Å²) in [4.78, 5) is 35.8. The topological polar surface area (TPSA) is 98.7 Å². The quantitative estimate of drug-likeness (QED) is 0.623. The van der Waals surface area contributed by atoms with Crippen LogP contribution in [-0.4, -0.2) is 47.9 Å². The summed E-state index contributed by atoms with van der Waals surface area (Å²) in [6.45, 7) is -0.294. The third-order valence-electron chi connectivity index (χ3n) is 3.21. The van der Waals surface area contributed by atoms with Gasteiger partial charge < -0.3 is 15.7 Å². The average Bonchev–Trinajstić information content (AvgIpc) is 2.77. The van der Waals surface area contributed by atoms with Gasteiger partial charge in [-0.25, -0.2) is 0 Å². The third kappa shape index (κ3) is 3.50. The van der Waals surface area contributed by atoms with Gasteiger partial charge in [-0.3, -0.25) is 19.3 Å². The van der Waals surface area contributed by atoms with E-state index in [2.05, 4.69) is 10.6 Å². The maximum atomic E-state index is 12.0. The zero-order valence-electron chi connectivity index (χ0n) is 12.1. The molecular weight excluding hydrogens is 286 g/mol. The van der Waals surface area contributed by atoms with Crippen LogP contribution < -0.4 is 10.6 Å². The van der Waals surface area contributed by atoms with Crippen LogP contribution in [0.25, 0.3) is 0 Å². The number of aliphatic hydroxyl groups excluding tert-OH is 1. The van der Waals surface area contributed by atoms with Crippen LogP contribution in [-0.2, 0) is 20.8 Å². The number of aliphatic hydroxyl groups is 1. The van der Waals surface area contributed by atoms with Gasteiger partial charge >= 0.3 is 0 Å². The van der Waals surface area contributed by atoms with Gasteiger partial charge in [0, 0.05) is 18.8 Å². The fraction of sp³-hybridized carbons (Fsp3) is 0.267. The maximum absolute atomic E-state index is 12.0. The van der Waals surface area contributed by atoms with Gasteiger partial charge in [-0.1, -0.05) is 12.1 Å². The van der Waals surface area contributed by atoms with E-state index in [1.807, 2.05) is 0 Å². The van der Waals surface area contributed by atoms with Crippen LogP contribution in [0.5, 0.6) is 0 Å². The first-order chi connectivity index (χ1) is 10.5. The molecule has 1 aliphatic rings. The monoisotopic (exact) mass is 303 g/mol. The highest BCUT2D eigenvalue weighted by Crippen LogP contribution is 2.17. The van der Waals surface area contributed by atoms with Gasteiger partial charge in [0.05, 0.1) is 19.6 Å². The van der Waals surface area contributed by atoms with Gasteiger partial charge in [-0.2, -0.15) is 0 Å². The minimum atomic E-state index is -0.464. The summed E-state index contributed by atoms with van der Waals surface area (Å²) in [6, 6.07) is 6.99. The van der Waals surface area contributed by atoms with Crippen LogP contribution >= 0.6 is 0 Å². The number of β-amino-alcohol motifs (C(OH)–C–C–N with tert-alkyl or cyclic N) is 1. The lowest BCUT2D eigenvalue weighted by molar-refractivity contribution is -0.137. The molecule has 1 aromatic carbocycles. The molecule has 7 heteroatoms. The Morgan fingerprint density at radius 1 is 1.23 bits per heavy atom. The summed E-state index contributed by atoms with van der Waals surface area (Å²) in [5, 5.41) is 14.3. The van der Waals surface area contributed by atoms with E-state index in [4.69, 9.17) is 5.11 Å².